The van der Waals surface area contributed by atoms with Crippen LogP contribution in [-0.2, 0) is 4.79 Å². The van der Waals surface area contributed by atoms with E-state index < -0.39 is 5.97 Å². The van der Waals surface area contributed by atoms with Crippen LogP contribution in [0.3, 0.4) is 0 Å². The maximum Gasteiger partial charge on any atom is 0.303 e. The number of nitrogens with two attached hydrogens (primary N) is 1. The van der Waals surface area contributed by atoms with Crippen molar-refractivity contribution in [3.63, 3.8) is 0 Å². The van der Waals surface area contributed by atoms with E-state index >= 15 is 0 Å². The smallest absolute Gasteiger partial charge is 0.303 e. The Balaban J connectivity index is 1.31. The summed E-state index contributed by atoms with van der Waals surface area (Å²) < 4.78 is 0. The predicted octanol–water partition coefficient (Wildman–Crippen LogP) is 4.79. The Hall–Kier alpha value is -0.690. The van der Waals surface area contributed by atoms with Gasteiger partial charge in [-0.3, -0.25) is 4.79 Å². The van der Waals surface area contributed by atoms with Gasteiger partial charge in [-0.1, -0.05) is 20.8 Å². The zero-order chi connectivity index (χ0) is 26.6. The van der Waals surface area contributed by atoms with E-state index in [1.54, 1.807) is 0 Å². The molecule has 4 saturated carbocycles. The molecule has 6 nitrogen and oxygen atoms in total. The van der Waals surface area contributed by atoms with Gasteiger partial charge in [0.15, 0.2) is 0 Å². The minimum absolute atomic E-state index is 0.169. The monoisotopic (exact) mass is 519 g/mol. The Bertz CT molecular complexity index is 749. The highest BCUT2D eigenvalue weighted by Gasteiger charge is 2.62. The lowest BCUT2D eigenvalue weighted by molar-refractivity contribution is -0.167. The van der Waals surface area contributed by atoms with E-state index in [1.165, 1.54) is 57.8 Å². The first kappa shape index (κ1) is 29.3. The molecule has 6 heteroatoms. The summed E-state index contributed by atoms with van der Waals surface area (Å²) in [6, 6.07) is 0.596. The van der Waals surface area contributed by atoms with Gasteiger partial charge in [0.2, 0.25) is 0 Å². The molecular formula is C31H57N3O3. The Labute approximate surface area is 226 Å². The molecule has 37 heavy (non-hydrogen) atoms. The van der Waals surface area contributed by atoms with Crippen LogP contribution in [0.25, 0.3) is 0 Å². The van der Waals surface area contributed by atoms with Crippen LogP contribution in [0.4, 0.5) is 0 Å². The zero-order valence-electron chi connectivity index (χ0n) is 24.0. The summed E-state index contributed by atoms with van der Waals surface area (Å²) in [5.41, 5.74) is 6.19. The molecule has 5 unspecified atom stereocenters. The van der Waals surface area contributed by atoms with Crippen molar-refractivity contribution in [2.45, 2.75) is 116 Å². The van der Waals surface area contributed by atoms with E-state index in [0.717, 1.165) is 45.4 Å². The van der Waals surface area contributed by atoms with Crippen molar-refractivity contribution >= 4 is 5.97 Å². The normalized spacial score (nSPS) is 42.0. The molecule has 0 saturated heterocycles. The van der Waals surface area contributed by atoms with Crippen molar-refractivity contribution < 1.29 is 15.0 Å². The van der Waals surface area contributed by atoms with Crippen LogP contribution in [0.15, 0.2) is 0 Å². The number of aliphatic hydroxyl groups excluding tert-OH is 1. The number of carbonyl (C=O) groups is 1. The molecule has 214 valence electrons. The van der Waals surface area contributed by atoms with Crippen molar-refractivity contribution in [1.29, 1.82) is 0 Å². The third-order valence-electron chi connectivity index (χ3n) is 12.0. The molecule has 4 aliphatic carbocycles. The number of hydrogen-bond donors (Lipinski definition) is 5. The van der Waals surface area contributed by atoms with E-state index in [0.29, 0.717) is 47.0 Å². The minimum Gasteiger partial charge on any atom is -0.481 e. The van der Waals surface area contributed by atoms with Gasteiger partial charge in [-0.2, -0.15) is 0 Å². The van der Waals surface area contributed by atoms with Gasteiger partial charge < -0.3 is 26.6 Å². The highest BCUT2D eigenvalue weighted by atomic mass is 16.4. The molecule has 4 aliphatic rings. The number of carboxylic acids is 1. The Morgan fingerprint density at radius 2 is 1.70 bits per heavy atom. The summed E-state index contributed by atoms with van der Waals surface area (Å²) in [5, 5.41) is 28.2. The molecule has 0 aliphatic heterocycles. The molecule has 0 amide bonds. The number of fused-ring (bicyclic) bond motifs is 5. The summed E-state index contributed by atoms with van der Waals surface area (Å²) in [5.74, 6) is 2.69. The number of carboxylic acid groups (broad SMARTS) is 1. The molecule has 0 spiro atoms. The Morgan fingerprint density at radius 3 is 2.46 bits per heavy atom. The van der Waals surface area contributed by atoms with Crippen LogP contribution < -0.4 is 16.4 Å². The van der Waals surface area contributed by atoms with Crippen molar-refractivity contribution in [2.75, 3.05) is 26.2 Å². The number of unbranched alkanes of at least 4 members (excludes halogenated alkanes) is 1. The van der Waals surface area contributed by atoms with Crippen molar-refractivity contribution in [3.05, 3.63) is 0 Å². The van der Waals surface area contributed by atoms with Crippen LogP contribution in [0.5, 0.6) is 0 Å². The van der Waals surface area contributed by atoms with Gasteiger partial charge in [0.05, 0.1) is 6.10 Å². The lowest BCUT2D eigenvalue weighted by Gasteiger charge is -2.62. The number of hydrogen-bond acceptors (Lipinski definition) is 5. The van der Waals surface area contributed by atoms with Crippen LogP contribution in [0.1, 0.15) is 104 Å². The lowest BCUT2D eigenvalue weighted by atomic mass is 9.43. The molecular weight excluding hydrogens is 462 g/mol. The second kappa shape index (κ2) is 12.7. The Morgan fingerprint density at radius 1 is 0.973 bits per heavy atom. The fourth-order valence-corrected chi connectivity index (χ4v) is 9.97. The number of rotatable bonds is 13. The van der Waals surface area contributed by atoms with Gasteiger partial charge in [-0.05, 0) is 150 Å². The Kier molecular flexibility index (Phi) is 10.0. The first-order valence-electron chi connectivity index (χ1n) is 15.7. The third kappa shape index (κ3) is 6.23. The van der Waals surface area contributed by atoms with E-state index in [-0.39, 0.29) is 17.9 Å². The molecule has 0 bridgehead atoms. The molecule has 0 heterocycles. The topological polar surface area (TPSA) is 108 Å². The van der Waals surface area contributed by atoms with Gasteiger partial charge in [0.1, 0.15) is 0 Å². The van der Waals surface area contributed by atoms with Crippen molar-refractivity contribution in [3.8, 4) is 0 Å². The predicted molar refractivity (Wildman–Crippen MR) is 150 cm³/mol. The minimum atomic E-state index is -0.669. The van der Waals surface area contributed by atoms with Crippen molar-refractivity contribution in [1.82, 2.24) is 10.6 Å². The van der Waals surface area contributed by atoms with Crippen LogP contribution >= 0.6 is 0 Å². The lowest BCUT2D eigenvalue weighted by Crippen LogP contribution is -2.59. The van der Waals surface area contributed by atoms with Gasteiger partial charge in [0, 0.05) is 12.5 Å². The maximum absolute atomic E-state index is 11.6. The fourth-order valence-electron chi connectivity index (χ4n) is 9.97. The molecule has 0 aromatic rings. The average molecular weight is 520 g/mol. The summed E-state index contributed by atoms with van der Waals surface area (Å²) in [7, 11) is 0. The van der Waals surface area contributed by atoms with Crippen LogP contribution in [0.2, 0.25) is 0 Å². The molecule has 6 N–H and O–H groups in total. The SMILES string of the molecule is CC(CCC(=O)O)[C@H]1CCC2C3C(O)C[C@H]4C[C@@H](NCCCNCCCCN)CC[C@]4(C)C3CC[C@@]21C. The van der Waals surface area contributed by atoms with Crippen LogP contribution in [0, 0.1) is 46.3 Å². The van der Waals surface area contributed by atoms with Crippen molar-refractivity contribution in [2.24, 2.45) is 52.1 Å². The summed E-state index contributed by atoms with van der Waals surface area (Å²) in [6.07, 6.45) is 14.1. The molecule has 0 aromatic heterocycles. The molecule has 4 fully saturated rings. The highest BCUT2D eigenvalue weighted by Crippen LogP contribution is 2.68. The molecule has 4 rings (SSSR count). The summed E-state index contributed by atoms with van der Waals surface area (Å²) in [4.78, 5) is 11.2. The first-order valence-corrected chi connectivity index (χ1v) is 15.7. The number of nitrogens with one attached hydrogen (secondary N) is 2. The van der Waals surface area contributed by atoms with Gasteiger partial charge in [-0.25, -0.2) is 0 Å². The zero-order valence-corrected chi connectivity index (χ0v) is 24.0. The first-order chi connectivity index (χ1) is 17.7. The van der Waals surface area contributed by atoms with E-state index in [9.17, 15) is 15.0 Å². The van der Waals surface area contributed by atoms with E-state index in [2.05, 4.69) is 31.4 Å². The fraction of sp³-hybridized carbons (Fsp3) is 0.968. The second-order valence-corrected chi connectivity index (χ2v) is 14.0. The molecule has 0 aromatic carbocycles. The second-order valence-electron chi connectivity index (χ2n) is 14.0. The highest BCUT2D eigenvalue weighted by molar-refractivity contribution is 5.66. The summed E-state index contributed by atoms with van der Waals surface area (Å²) >= 11 is 0. The van der Waals surface area contributed by atoms with Crippen LogP contribution in [-0.4, -0.2) is 54.5 Å². The number of aliphatic hydroxyl groups is 1. The molecule has 10 atom stereocenters. The molecule has 0 radical (unpaired) electrons. The van der Waals surface area contributed by atoms with Gasteiger partial charge in [0.25, 0.3) is 0 Å². The summed E-state index contributed by atoms with van der Waals surface area (Å²) in [6.45, 7) is 11.4. The number of aliphatic carboxylic acids is 1. The average Bonchev–Trinajstić information content (AvgIpc) is 3.22. The maximum atomic E-state index is 11.6. The van der Waals surface area contributed by atoms with E-state index in [1.807, 2.05) is 0 Å². The third-order valence-corrected chi connectivity index (χ3v) is 12.0. The van der Waals surface area contributed by atoms with E-state index in [4.69, 9.17) is 5.73 Å². The van der Waals surface area contributed by atoms with Gasteiger partial charge >= 0.3 is 5.97 Å². The van der Waals surface area contributed by atoms with Gasteiger partial charge in [-0.15, -0.1) is 0 Å². The largest absolute Gasteiger partial charge is 0.481 e. The quantitative estimate of drug-likeness (QED) is 0.224. The standard InChI is InChI=1S/C31H57N3O3/c1-21(7-10-28(36)37)24-8-9-25-29-26(12-14-31(24,25)3)30(2)13-11-23(19-22(30)20-27(29)35)34-18-6-17-33-16-5-4-15-32/h21-27,29,33-35H,4-20,32H2,1-3H3,(H,36,37)/t21?,22-,23+,24-,25?,26?,27?,29?,30+,31-/m1/s1.